The van der Waals surface area contributed by atoms with E-state index >= 15 is 0 Å². The van der Waals surface area contributed by atoms with Crippen molar-refractivity contribution in [1.29, 1.82) is 0 Å². The summed E-state index contributed by atoms with van der Waals surface area (Å²) in [5.41, 5.74) is 3.79. The fraction of sp³-hybridized carbons (Fsp3) is 0.583. The molecular formula is C12H18ClNO. The van der Waals surface area contributed by atoms with Crippen molar-refractivity contribution >= 4 is 11.6 Å². The van der Waals surface area contributed by atoms with E-state index in [1.165, 1.54) is 0 Å². The van der Waals surface area contributed by atoms with Gasteiger partial charge in [0.05, 0.1) is 6.61 Å². The lowest BCUT2D eigenvalue weighted by molar-refractivity contribution is 0.277. The molecular weight excluding hydrogens is 210 g/mol. The van der Waals surface area contributed by atoms with E-state index in [0.29, 0.717) is 5.15 Å². The third-order valence-electron chi connectivity index (χ3n) is 2.60. The van der Waals surface area contributed by atoms with Crippen LogP contribution in [-0.2, 0) is 12.0 Å². The van der Waals surface area contributed by atoms with Crippen LogP contribution in [0.25, 0.3) is 0 Å². The highest BCUT2D eigenvalue weighted by atomic mass is 35.5. The first-order chi connectivity index (χ1) is 6.79. The van der Waals surface area contributed by atoms with Crippen molar-refractivity contribution in [3.8, 4) is 0 Å². The molecule has 84 valence electrons. The summed E-state index contributed by atoms with van der Waals surface area (Å²) in [5, 5.41) is 9.92. The second-order valence-electron chi connectivity index (χ2n) is 4.87. The van der Waals surface area contributed by atoms with Crippen LogP contribution in [0.2, 0.25) is 5.15 Å². The van der Waals surface area contributed by atoms with Crippen molar-refractivity contribution in [2.24, 2.45) is 0 Å². The standard InChI is InChI=1S/C12H18ClNO/c1-7-9(6-15)10(12(3,4)5)8(2)14-11(7)13/h15H,6H2,1-5H3. The zero-order valence-corrected chi connectivity index (χ0v) is 10.7. The first kappa shape index (κ1) is 12.5. The Labute approximate surface area is 96.3 Å². The van der Waals surface area contributed by atoms with Crippen LogP contribution in [0.4, 0.5) is 0 Å². The van der Waals surface area contributed by atoms with Crippen molar-refractivity contribution in [3.05, 3.63) is 27.5 Å². The van der Waals surface area contributed by atoms with Crippen molar-refractivity contribution in [2.45, 2.75) is 46.6 Å². The summed E-state index contributed by atoms with van der Waals surface area (Å²) in [6.07, 6.45) is 0. The normalized spacial score (nSPS) is 11.9. The van der Waals surface area contributed by atoms with Crippen molar-refractivity contribution in [3.63, 3.8) is 0 Å². The van der Waals surface area contributed by atoms with Crippen molar-refractivity contribution in [2.75, 3.05) is 0 Å². The van der Waals surface area contributed by atoms with Crippen molar-refractivity contribution < 1.29 is 5.11 Å². The minimum atomic E-state index is -0.0233. The molecule has 15 heavy (non-hydrogen) atoms. The number of aliphatic hydroxyl groups is 1. The molecule has 3 heteroatoms. The summed E-state index contributed by atoms with van der Waals surface area (Å²) in [6, 6.07) is 0. The van der Waals surface area contributed by atoms with E-state index < -0.39 is 0 Å². The lowest BCUT2D eigenvalue weighted by atomic mass is 9.82. The predicted octanol–water partition coefficient (Wildman–Crippen LogP) is 3.14. The summed E-state index contributed by atoms with van der Waals surface area (Å²) in [5.74, 6) is 0. The molecule has 1 heterocycles. The van der Waals surface area contributed by atoms with Gasteiger partial charge in [-0.3, -0.25) is 0 Å². The second-order valence-corrected chi connectivity index (χ2v) is 5.23. The molecule has 1 rings (SSSR count). The van der Waals surface area contributed by atoms with Gasteiger partial charge in [-0.15, -0.1) is 0 Å². The Morgan fingerprint density at radius 2 is 1.80 bits per heavy atom. The van der Waals surface area contributed by atoms with Crippen molar-refractivity contribution in [1.82, 2.24) is 4.98 Å². The summed E-state index contributed by atoms with van der Waals surface area (Å²) in [6.45, 7) is 10.2. The molecule has 2 nitrogen and oxygen atoms in total. The molecule has 0 spiro atoms. The fourth-order valence-electron chi connectivity index (χ4n) is 2.01. The summed E-state index contributed by atoms with van der Waals surface area (Å²) in [4.78, 5) is 4.30. The Balaban J connectivity index is 3.57. The zero-order valence-electron chi connectivity index (χ0n) is 9.98. The van der Waals surface area contributed by atoms with Gasteiger partial charge in [0.15, 0.2) is 0 Å². The first-order valence-electron chi connectivity index (χ1n) is 5.06. The third-order valence-corrected chi connectivity index (χ3v) is 2.97. The topological polar surface area (TPSA) is 33.1 Å². The van der Waals surface area contributed by atoms with Gasteiger partial charge < -0.3 is 5.11 Å². The zero-order chi connectivity index (χ0) is 11.8. The number of nitrogens with zero attached hydrogens (tertiary/aromatic N) is 1. The summed E-state index contributed by atoms with van der Waals surface area (Å²) in [7, 11) is 0. The lowest BCUT2D eigenvalue weighted by Gasteiger charge is -2.25. The molecule has 0 saturated heterocycles. The van der Waals surface area contributed by atoms with Crippen LogP contribution < -0.4 is 0 Å². The average Bonchev–Trinajstić information content (AvgIpc) is 2.08. The highest BCUT2D eigenvalue weighted by Gasteiger charge is 2.23. The molecule has 0 amide bonds. The number of rotatable bonds is 1. The quantitative estimate of drug-likeness (QED) is 0.748. The molecule has 0 bridgehead atoms. The fourth-order valence-corrected chi connectivity index (χ4v) is 2.25. The number of hydrogen-bond donors (Lipinski definition) is 1. The summed E-state index contributed by atoms with van der Waals surface area (Å²) >= 11 is 6.00. The van der Waals surface area contributed by atoms with E-state index in [4.69, 9.17) is 11.6 Å². The molecule has 1 aromatic heterocycles. The number of halogens is 1. The van der Waals surface area contributed by atoms with Crippen LogP contribution in [0.3, 0.4) is 0 Å². The van der Waals surface area contributed by atoms with E-state index in [1.54, 1.807) is 0 Å². The number of hydrogen-bond acceptors (Lipinski definition) is 2. The Morgan fingerprint density at radius 1 is 1.27 bits per heavy atom. The maximum atomic E-state index is 9.43. The third kappa shape index (κ3) is 2.32. The predicted molar refractivity (Wildman–Crippen MR) is 63.3 cm³/mol. The first-order valence-corrected chi connectivity index (χ1v) is 5.43. The molecule has 0 fully saturated rings. The van der Waals surface area contributed by atoms with Gasteiger partial charge in [-0.2, -0.15) is 0 Å². The van der Waals surface area contributed by atoms with Crippen LogP contribution in [0.1, 0.15) is 43.2 Å². The molecule has 1 aromatic rings. The van der Waals surface area contributed by atoms with Gasteiger partial charge in [0, 0.05) is 5.69 Å². The number of aliphatic hydroxyl groups excluding tert-OH is 1. The van der Waals surface area contributed by atoms with Crippen LogP contribution in [0, 0.1) is 13.8 Å². The molecule has 0 aliphatic heterocycles. The van der Waals surface area contributed by atoms with E-state index in [1.807, 2.05) is 13.8 Å². The van der Waals surface area contributed by atoms with Crippen LogP contribution in [0.15, 0.2) is 0 Å². The van der Waals surface area contributed by atoms with Gasteiger partial charge in [-0.05, 0) is 36.0 Å². The largest absolute Gasteiger partial charge is 0.392 e. The molecule has 0 unspecified atom stereocenters. The van der Waals surface area contributed by atoms with Gasteiger partial charge in [0.25, 0.3) is 0 Å². The van der Waals surface area contributed by atoms with E-state index in [2.05, 4.69) is 25.8 Å². The van der Waals surface area contributed by atoms with Gasteiger partial charge in [0.2, 0.25) is 0 Å². The van der Waals surface area contributed by atoms with Crippen LogP contribution in [0.5, 0.6) is 0 Å². The van der Waals surface area contributed by atoms with E-state index in [-0.39, 0.29) is 12.0 Å². The molecule has 1 N–H and O–H groups in total. The Morgan fingerprint density at radius 3 is 2.20 bits per heavy atom. The minimum Gasteiger partial charge on any atom is -0.392 e. The molecule has 0 aromatic carbocycles. The lowest BCUT2D eigenvalue weighted by Crippen LogP contribution is -2.18. The Kier molecular flexibility index (Phi) is 3.41. The van der Waals surface area contributed by atoms with Gasteiger partial charge in [-0.1, -0.05) is 32.4 Å². The van der Waals surface area contributed by atoms with Gasteiger partial charge >= 0.3 is 0 Å². The van der Waals surface area contributed by atoms with Gasteiger partial charge in [-0.25, -0.2) is 4.98 Å². The Hall–Kier alpha value is -0.600. The van der Waals surface area contributed by atoms with Crippen LogP contribution >= 0.6 is 11.6 Å². The molecule has 0 aliphatic rings. The highest BCUT2D eigenvalue weighted by molar-refractivity contribution is 6.30. The van der Waals surface area contributed by atoms with Crippen LogP contribution in [-0.4, -0.2) is 10.1 Å². The van der Waals surface area contributed by atoms with E-state index in [9.17, 15) is 5.11 Å². The highest BCUT2D eigenvalue weighted by Crippen LogP contribution is 2.32. The average molecular weight is 228 g/mol. The SMILES string of the molecule is Cc1nc(Cl)c(C)c(CO)c1C(C)(C)C. The van der Waals surface area contributed by atoms with E-state index in [0.717, 1.165) is 22.4 Å². The second kappa shape index (κ2) is 4.11. The summed E-state index contributed by atoms with van der Waals surface area (Å²) < 4.78 is 0. The molecule has 0 saturated carbocycles. The number of pyridine rings is 1. The smallest absolute Gasteiger partial charge is 0.132 e. The molecule has 0 atom stereocenters. The monoisotopic (exact) mass is 227 g/mol. The maximum absolute atomic E-state index is 9.43. The maximum Gasteiger partial charge on any atom is 0.132 e. The number of aromatic nitrogens is 1. The minimum absolute atomic E-state index is 0.0154. The molecule has 0 radical (unpaired) electrons. The number of aryl methyl sites for hydroxylation is 1. The van der Waals surface area contributed by atoms with Gasteiger partial charge in [0.1, 0.15) is 5.15 Å². The Bertz CT molecular complexity index is 380. The molecule has 0 aliphatic carbocycles.